The predicted octanol–water partition coefficient (Wildman–Crippen LogP) is 2.41. The molecule has 1 fully saturated rings. The number of pyridine rings is 2. The third-order valence-electron chi connectivity index (χ3n) is 4.82. The van der Waals surface area contributed by atoms with E-state index in [0.29, 0.717) is 39.9 Å². The average Bonchev–Trinajstić information content (AvgIpc) is 3.42. The minimum Gasteiger partial charge on any atom is -0.491 e. The lowest BCUT2D eigenvalue weighted by Crippen LogP contribution is -2.18. The van der Waals surface area contributed by atoms with Gasteiger partial charge >= 0.3 is 0 Å². The van der Waals surface area contributed by atoms with Gasteiger partial charge in [0.15, 0.2) is 27.1 Å². The molecule has 0 atom stereocenters. The van der Waals surface area contributed by atoms with E-state index >= 15 is 0 Å². The molecule has 0 aromatic carbocycles. The minimum atomic E-state index is -3.27. The summed E-state index contributed by atoms with van der Waals surface area (Å²) in [7, 11) is -0.224. The van der Waals surface area contributed by atoms with Gasteiger partial charge in [0.2, 0.25) is 0 Å². The molecule has 3 heterocycles. The third kappa shape index (κ3) is 3.42. The van der Waals surface area contributed by atoms with Crippen LogP contribution in [0, 0.1) is 0 Å². The molecule has 3 aromatic rings. The Kier molecular flexibility index (Phi) is 4.49. The Labute approximate surface area is 162 Å². The second kappa shape index (κ2) is 6.73. The molecule has 1 saturated carbocycles. The molecule has 0 saturated heterocycles. The van der Waals surface area contributed by atoms with E-state index in [1.54, 1.807) is 32.3 Å². The Bertz CT molecular complexity index is 1220. The lowest BCUT2D eigenvalue weighted by Gasteiger charge is -2.09. The molecule has 8 nitrogen and oxygen atoms in total. The van der Waals surface area contributed by atoms with Gasteiger partial charge in [-0.05, 0) is 25.0 Å². The lowest BCUT2D eigenvalue weighted by atomic mass is 10.1. The maximum absolute atomic E-state index is 12.1. The maximum Gasteiger partial charge on any atom is 0.292 e. The second-order valence-corrected chi connectivity index (χ2v) is 9.38. The first-order chi connectivity index (χ1) is 13.3. The monoisotopic (exact) mass is 403 g/mol. The summed E-state index contributed by atoms with van der Waals surface area (Å²) in [5.74, 6) is 0.967. The van der Waals surface area contributed by atoms with Gasteiger partial charge in [-0.3, -0.25) is 4.79 Å². The second-order valence-electron chi connectivity index (χ2n) is 7.03. The highest BCUT2D eigenvalue weighted by atomic mass is 32.2. The summed E-state index contributed by atoms with van der Waals surface area (Å²) < 4.78 is 36.8. The van der Waals surface area contributed by atoms with E-state index in [2.05, 4.69) is 9.97 Å². The van der Waals surface area contributed by atoms with Crippen LogP contribution in [0.4, 0.5) is 0 Å². The zero-order chi connectivity index (χ0) is 20.1. The van der Waals surface area contributed by atoms with Gasteiger partial charge in [0.25, 0.3) is 5.56 Å². The number of nitrogens with zero attached hydrogens (tertiary/aromatic N) is 3. The highest BCUT2D eigenvalue weighted by Crippen LogP contribution is 2.42. The van der Waals surface area contributed by atoms with Crippen molar-refractivity contribution in [1.29, 1.82) is 0 Å². The van der Waals surface area contributed by atoms with Crippen molar-refractivity contribution in [2.75, 3.05) is 12.9 Å². The number of rotatable bonds is 6. The quantitative estimate of drug-likeness (QED) is 0.622. The van der Waals surface area contributed by atoms with Crippen LogP contribution in [-0.2, 0) is 22.6 Å². The van der Waals surface area contributed by atoms with Crippen molar-refractivity contribution in [1.82, 2.24) is 14.5 Å². The normalized spacial score (nSPS) is 14.5. The summed E-state index contributed by atoms with van der Waals surface area (Å²) in [4.78, 5) is 21.3. The Balaban J connectivity index is 1.95. The molecule has 3 aromatic heterocycles. The average molecular weight is 403 g/mol. The SMILES string of the molecule is CCS(=O)(=O)Cc1cc2nc(C3CC3)oc2c(-c2cc(OC)c(=O)n(C)c2)n1. The highest BCUT2D eigenvalue weighted by molar-refractivity contribution is 7.90. The van der Waals surface area contributed by atoms with Crippen LogP contribution in [0.25, 0.3) is 22.4 Å². The maximum atomic E-state index is 12.1. The first-order valence-corrected chi connectivity index (χ1v) is 10.9. The van der Waals surface area contributed by atoms with Crippen LogP contribution in [0.15, 0.2) is 27.5 Å². The van der Waals surface area contributed by atoms with Gasteiger partial charge < -0.3 is 13.7 Å². The van der Waals surface area contributed by atoms with Gasteiger partial charge in [-0.1, -0.05) is 6.92 Å². The Morgan fingerprint density at radius 3 is 2.68 bits per heavy atom. The molecule has 1 aliphatic rings. The molecule has 0 radical (unpaired) electrons. The molecular weight excluding hydrogens is 382 g/mol. The summed E-state index contributed by atoms with van der Waals surface area (Å²) in [5, 5.41) is 0. The number of ether oxygens (including phenoxy) is 1. The molecule has 9 heteroatoms. The number of aryl methyl sites for hydroxylation is 1. The number of hydrogen-bond donors (Lipinski definition) is 0. The van der Waals surface area contributed by atoms with Crippen LogP contribution in [0.3, 0.4) is 0 Å². The number of oxazole rings is 1. The summed E-state index contributed by atoms with van der Waals surface area (Å²) in [5.41, 5.74) is 2.22. The fourth-order valence-corrected chi connectivity index (χ4v) is 3.86. The Morgan fingerprint density at radius 1 is 1.29 bits per heavy atom. The number of methoxy groups -OCH3 is 1. The predicted molar refractivity (Wildman–Crippen MR) is 104 cm³/mol. The molecule has 4 rings (SSSR count). The van der Waals surface area contributed by atoms with Crippen molar-refractivity contribution >= 4 is 20.9 Å². The van der Waals surface area contributed by atoms with Crippen molar-refractivity contribution in [3.8, 4) is 17.0 Å². The van der Waals surface area contributed by atoms with E-state index in [4.69, 9.17) is 9.15 Å². The van der Waals surface area contributed by atoms with Crippen LogP contribution < -0.4 is 10.3 Å². The fraction of sp³-hybridized carbons (Fsp3) is 0.421. The van der Waals surface area contributed by atoms with E-state index in [1.807, 2.05) is 0 Å². The van der Waals surface area contributed by atoms with Gasteiger partial charge in [0.05, 0.1) is 18.6 Å². The smallest absolute Gasteiger partial charge is 0.292 e. The number of aromatic nitrogens is 3. The molecule has 0 spiro atoms. The van der Waals surface area contributed by atoms with Gasteiger partial charge in [0, 0.05) is 30.5 Å². The van der Waals surface area contributed by atoms with Gasteiger partial charge in [-0.2, -0.15) is 0 Å². The fourth-order valence-electron chi connectivity index (χ4n) is 3.06. The van der Waals surface area contributed by atoms with E-state index < -0.39 is 9.84 Å². The van der Waals surface area contributed by atoms with Gasteiger partial charge in [-0.15, -0.1) is 0 Å². The molecule has 28 heavy (non-hydrogen) atoms. The molecule has 0 bridgehead atoms. The Hall–Kier alpha value is -2.68. The summed E-state index contributed by atoms with van der Waals surface area (Å²) in [6, 6.07) is 3.25. The minimum absolute atomic E-state index is 0.0296. The van der Waals surface area contributed by atoms with Crippen molar-refractivity contribution in [3.63, 3.8) is 0 Å². The van der Waals surface area contributed by atoms with Crippen LogP contribution >= 0.6 is 0 Å². The number of hydrogen-bond acceptors (Lipinski definition) is 7. The molecule has 0 unspecified atom stereocenters. The van der Waals surface area contributed by atoms with E-state index in [-0.39, 0.29) is 22.8 Å². The first kappa shape index (κ1) is 18.7. The molecule has 148 valence electrons. The third-order valence-corrected chi connectivity index (χ3v) is 6.44. The van der Waals surface area contributed by atoms with Crippen LogP contribution in [-0.4, -0.2) is 35.8 Å². The lowest BCUT2D eigenvalue weighted by molar-refractivity contribution is 0.405. The van der Waals surface area contributed by atoms with Crippen LogP contribution in [0.2, 0.25) is 0 Å². The summed E-state index contributed by atoms with van der Waals surface area (Å²) in [6.45, 7) is 1.61. The van der Waals surface area contributed by atoms with Crippen LogP contribution in [0.1, 0.15) is 37.3 Å². The van der Waals surface area contributed by atoms with Crippen molar-refractivity contribution in [2.45, 2.75) is 31.4 Å². The van der Waals surface area contributed by atoms with Crippen molar-refractivity contribution in [2.24, 2.45) is 7.05 Å². The first-order valence-electron chi connectivity index (χ1n) is 9.07. The number of sulfone groups is 1. The zero-order valence-corrected chi connectivity index (χ0v) is 16.7. The molecule has 0 amide bonds. The van der Waals surface area contributed by atoms with Gasteiger partial charge in [-0.25, -0.2) is 18.4 Å². The summed E-state index contributed by atoms with van der Waals surface area (Å²) >= 11 is 0. The standard InChI is InChI=1S/C19H21N3O5S/c1-4-28(24,25)10-13-8-14-17(27-18(21-14)11-5-6-11)16(20-13)12-7-15(26-3)19(23)22(2)9-12/h7-9,11H,4-6,10H2,1-3H3. The molecule has 1 aliphatic carbocycles. The molecule has 0 N–H and O–H groups in total. The topological polar surface area (TPSA) is 104 Å². The van der Waals surface area contributed by atoms with E-state index in [9.17, 15) is 13.2 Å². The molecular formula is C19H21N3O5S. The van der Waals surface area contributed by atoms with Crippen molar-refractivity contribution in [3.05, 3.63) is 40.3 Å². The summed E-state index contributed by atoms with van der Waals surface area (Å²) in [6.07, 6.45) is 3.69. The van der Waals surface area contributed by atoms with E-state index in [0.717, 1.165) is 12.8 Å². The zero-order valence-electron chi connectivity index (χ0n) is 15.9. The van der Waals surface area contributed by atoms with Crippen molar-refractivity contribution < 1.29 is 17.6 Å². The highest BCUT2D eigenvalue weighted by Gasteiger charge is 2.30. The van der Waals surface area contributed by atoms with Crippen LogP contribution in [0.5, 0.6) is 5.75 Å². The Morgan fingerprint density at radius 2 is 2.04 bits per heavy atom. The molecule has 0 aliphatic heterocycles. The largest absolute Gasteiger partial charge is 0.491 e. The van der Waals surface area contributed by atoms with Gasteiger partial charge in [0.1, 0.15) is 11.2 Å². The van der Waals surface area contributed by atoms with E-state index in [1.165, 1.54) is 11.7 Å². The number of fused-ring (bicyclic) bond motifs is 1.